The van der Waals surface area contributed by atoms with Crippen LogP contribution in [0.3, 0.4) is 0 Å². The molecule has 1 amide bonds. The van der Waals surface area contributed by atoms with Gasteiger partial charge in [-0.2, -0.15) is 0 Å². The molecule has 24 heavy (non-hydrogen) atoms. The van der Waals surface area contributed by atoms with Gasteiger partial charge in [0.2, 0.25) is 5.91 Å². The first kappa shape index (κ1) is 17.3. The van der Waals surface area contributed by atoms with Gasteiger partial charge in [-0.15, -0.1) is 0 Å². The highest BCUT2D eigenvalue weighted by Crippen LogP contribution is 2.28. The van der Waals surface area contributed by atoms with Crippen molar-refractivity contribution in [3.8, 4) is 0 Å². The second-order valence-corrected chi connectivity index (χ2v) is 7.08. The number of hydrogen-bond acceptors (Lipinski definition) is 4. The van der Waals surface area contributed by atoms with Gasteiger partial charge in [0.05, 0.1) is 16.8 Å². The minimum atomic E-state index is 0.0527. The van der Waals surface area contributed by atoms with Crippen molar-refractivity contribution in [2.24, 2.45) is 5.92 Å². The molecule has 5 nitrogen and oxygen atoms in total. The maximum Gasteiger partial charge on any atom is 0.230 e. The number of para-hydroxylation sites is 2. The first-order chi connectivity index (χ1) is 11.8. The van der Waals surface area contributed by atoms with Crippen molar-refractivity contribution in [2.45, 2.75) is 37.9 Å². The zero-order valence-corrected chi connectivity index (χ0v) is 15.0. The number of thioether (sulfide) groups is 1. The Bertz CT molecular complexity index is 682. The van der Waals surface area contributed by atoms with E-state index in [1.165, 1.54) is 24.6 Å². The molecule has 0 spiro atoms. The lowest BCUT2D eigenvalue weighted by Crippen LogP contribution is -2.27. The molecular weight excluding hydrogens is 322 g/mol. The van der Waals surface area contributed by atoms with E-state index in [-0.39, 0.29) is 5.91 Å². The fourth-order valence-corrected chi connectivity index (χ4v) is 3.50. The standard InChI is InChI=1S/C18H25N3O2S/c1-2-21-16-7-4-3-6-15(16)20-18(21)24-13-17(22)19-10-5-11-23-12-14-8-9-14/h3-4,6-7,14H,2,5,8-13H2,1H3,(H,19,22). The molecule has 1 N–H and O–H groups in total. The van der Waals surface area contributed by atoms with Crippen molar-refractivity contribution in [3.63, 3.8) is 0 Å². The number of nitrogens with one attached hydrogen (secondary N) is 1. The average molecular weight is 347 g/mol. The SMILES string of the molecule is CCn1c(SCC(=O)NCCCOCC2CC2)nc2ccccc21. The summed E-state index contributed by atoms with van der Waals surface area (Å²) in [6.45, 7) is 5.24. The van der Waals surface area contributed by atoms with Crippen molar-refractivity contribution < 1.29 is 9.53 Å². The molecule has 1 aromatic carbocycles. The van der Waals surface area contributed by atoms with Gasteiger partial charge < -0.3 is 14.6 Å². The van der Waals surface area contributed by atoms with Gasteiger partial charge in [0.15, 0.2) is 5.16 Å². The summed E-state index contributed by atoms with van der Waals surface area (Å²) in [5.74, 6) is 1.25. The molecule has 0 aliphatic heterocycles. The van der Waals surface area contributed by atoms with Crippen LogP contribution in [-0.2, 0) is 16.1 Å². The van der Waals surface area contributed by atoms with Crippen molar-refractivity contribution in [1.29, 1.82) is 0 Å². The maximum absolute atomic E-state index is 12.0. The van der Waals surface area contributed by atoms with Gasteiger partial charge in [0.1, 0.15) is 0 Å². The number of ether oxygens (including phenoxy) is 1. The second kappa shape index (κ2) is 8.53. The number of fused-ring (bicyclic) bond motifs is 1. The highest BCUT2D eigenvalue weighted by molar-refractivity contribution is 7.99. The van der Waals surface area contributed by atoms with Gasteiger partial charge in [0.25, 0.3) is 0 Å². The molecule has 0 unspecified atom stereocenters. The van der Waals surface area contributed by atoms with Gasteiger partial charge in [-0.3, -0.25) is 4.79 Å². The van der Waals surface area contributed by atoms with Crippen LogP contribution < -0.4 is 5.32 Å². The van der Waals surface area contributed by atoms with Crippen LogP contribution in [0.2, 0.25) is 0 Å². The van der Waals surface area contributed by atoms with Gasteiger partial charge >= 0.3 is 0 Å². The van der Waals surface area contributed by atoms with E-state index < -0.39 is 0 Å². The van der Waals surface area contributed by atoms with E-state index in [1.807, 2.05) is 18.2 Å². The Balaban J connectivity index is 1.39. The number of benzene rings is 1. The summed E-state index contributed by atoms with van der Waals surface area (Å²) >= 11 is 1.49. The highest BCUT2D eigenvalue weighted by atomic mass is 32.2. The third-order valence-electron chi connectivity index (χ3n) is 4.11. The van der Waals surface area contributed by atoms with Crippen molar-refractivity contribution in [1.82, 2.24) is 14.9 Å². The third-order valence-corrected chi connectivity index (χ3v) is 5.08. The van der Waals surface area contributed by atoms with E-state index in [2.05, 4.69) is 27.9 Å². The van der Waals surface area contributed by atoms with Crippen LogP contribution in [-0.4, -0.2) is 41.0 Å². The molecule has 130 valence electrons. The number of nitrogens with zero attached hydrogens (tertiary/aromatic N) is 2. The molecule has 3 rings (SSSR count). The Morgan fingerprint density at radius 1 is 1.42 bits per heavy atom. The first-order valence-electron chi connectivity index (χ1n) is 8.70. The second-order valence-electron chi connectivity index (χ2n) is 6.14. The fourth-order valence-electron chi connectivity index (χ4n) is 2.59. The summed E-state index contributed by atoms with van der Waals surface area (Å²) in [5.41, 5.74) is 2.10. The quantitative estimate of drug-likeness (QED) is 0.530. The minimum absolute atomic E-state index is 0.0527. The van der Waals surface area contributed by atoms with E-state index in [1.54, 1.807) is 0 Å². The van der Waals surface area contributed by atoms with E-state index >= 15 is 0 Å². The van der Waals surface area contributed by atoms with Crippen molar-refractivity contribution in [3.05, 3.63) is 24.3 Å². The van der Waals surface area contributed by atoms with Crippen LogP contribution in [0.15, 0.2) is 29.4 Å². The van der Waals surface area contributed by atoms with Crippen LogP contribution in [0.25, 0.3) is 11.0 Å². The summed E-state index contributed by atoms with van der Waals surface area (Å²) in [7, 11) is 0. The van der Waals surface area contributed by atoms with Gasteiger partial charge in [-0.25, -0.2) is 4.98 Å². The van der Waals surface area contributed by atoms with Crippen LogP contribution >= 0.6 is 11.8 Å². The third kappa shape index (κ3) is 4.74. The van der Waals surface area contributed by atoms with Gasteiger partial charge in [-0.05, 0) is 44.2 Å². The van der Waals surface area contributed by atoms with Crippen LogP contribution in [0.1, 0.15) is 26.2 Å². The molecule has 1 heterocycles. The number of hydrogen-bond donors (Lipinski definition) is 1. The molecule has 1 aliphatic carbocycles. The number of aromatic nitrogens is 2. The lowest BCUT2D eigenvalue weighted by atomic mass is 10.3. The summed E-state index contributed by atoms with van der Waals surface area (Å²) < 4.78 is 7.71. The Hall–Kier alpha value is -1.53. The Morgan fingerprint density at radius 3 is 3.04 bits per heavy atom. The zero-order chi connectivity index (χ0) is 16.8. The number of carbonyl (C=O) groups is 1. The first-order valence-corrected chi connectivity index (χ1v) is 9.69. The number of aryl methyl sites for hydroxylation is 1. The molecule has 0 radical (unpaired) electrons. The van der Waals surface area contributed by atoms with Crippen LogP contribution in [0.4, 0.5) is 0 Å². The minimum Gasteiger partial charge on any atom is -0.381 e. The smallest absolute Gasteiger partial charge is 0.230 e. The largest absolute Gasteiger partial charge is 0.381 e. The van der Waals surface area contributed by atoms with E-state index in [0.29, 0.717) is 12.3 Å². The number of imidazole rings is 1. The van der Waals surface area contributed by atoms with Crippen LogP contribution in [0.5, 0.6) is 0 Å². The number of carbonyl (C=O) groups excluding carboxylic acids is 1. The lowest BCUT2D eigenvalue weighted by Gasteiger charge is -2.07. The Morgan fingerprint density at radius 2 is 2.25 bits per heavy atom. The van der Waals surface area contributed by atoms with Gasteiger partial charge in [0, 0.05) is 26.3 Å². The van der Waals surface area contributed by atoms with E-state index in [9.17, 15) is 4.79 Å². The highest BCUT2D eigenvalue weighted by Gasteiger charge is 2.20. The van der Waals surface area contributed by atoms with Crippen molar-refractivity contribution in [2.75, 3.05) is 25.5 Å². The molecule has 1 aromatic heterocycles. The van der Waals surface area contributed by atoms with Crippen LogP contribution in [0, 0.1) is 5.92 Å². The summed E-state index contributed by atoms with van der Waals surface area (Å²) in [6, 6.07) is 8.08. The summed E-state index contributed by atoms with van der Waals surface area (Å²) in [6.07, 6.45) is 3.50. The van der Waals surface area contributed by atoms with Crippen molar-refractivity contribution >= 4 is 28.7 Å². The predicted molar refractivity (Wildman–Crippen MR) is 97.3 cm³/mol. The molecular formula is C18H25N3O2S. The molecule has 1 aliphatic rings. The number of amides is 1. The van der Waals surface area contributed by atoms with E-state index in [0.717, 1.165) is 48.3 Å². The maximum atomic E-state index is 12.0. The summed E-state index contributed by atoms with van der Waals surface area (Å²) in [5, 5.41) is 3.86. The summed E-state index contributed by atoms with van der Waals surface area (Å²) in [4.78, 5) is 16.6. The van der Waals surface area contributed by atoms with E-state index in [4.69, 9.17) is 4.74 Å². The van der Waals surface area contributed by atoms with Gasteiger partial charge in [-0.1, -0.05) is 23.9 Å². The Kier molecular flexibility index (Phi) is 6.15. The molecule has 0 saturated heterocycles. The number of rotatable bonds is 10. The molecule has 1 saturated carbocycles. The average Bonchev–Trinajstić information content (AvgIpc) is 3.35. The fraction of sp³-hybridized carbons (Fsp3) is 0.556. The monoisotopic (exact) mass is 347 g/mol. The molecule has 6 heteroatoms. The Labute approximate surface area is 147 Å². The molecule has 1 fully saturated rings. The molecule has 2 aromatic rings. The lowest BCUT2D eigenvalue weighted by molar-refractivity contribution is -0.118. The topological polar surface area (TPSA) is 56.2 Å². The molecule has 0 atom stereocenters. The predicted octanol–water partition coefficient (Wildman–Crippen LogP) is 3.08. The normalized spacial score (nSPS) is 14.2. The zero-order valence-electron chi connectivity index (χ0n) is 14.2. The molecule has 0 bridgehead atoms.